The predicted molar refractivity (Wildman–Crippen MR) is 82.7 cm³/mol. The quantitative estimate of drug-likeness (QED) is 0.838. The lowest BCUT2D eigenvalue weighted by atomic mass is 10.1. The number of benzene rings is 1. The molecule has 0 aliphatic rings. The van der Waals surface area contributed by atoms with Crippen molar-refractivity contribution in [3.8, 4) is 0 Å². The molecule has 2 nitrogen and oxygen atoms in total. The van der Waals surface area contributed by atoms with Crippen LogP contribution >= 0.6 is 23.1 Å². The summed E-state index contributed by atoms with van der Waals surface area (Å²) in [6, 6.07) is 10.3. The van der Waals surface area contributed by atoms with E-state index in [0.717, 1.165) is 27.8 Å². The second kappa shape index (κ2) is 6.07. The van der Waals surface area contributed by atoms with Crippen LogP contribution in [-0.4, -0.2) is 10.1 Å². The van der Waals surface area contributed by atoms with E-state index in [1.54, 1.807) is 23.1 Å². The number of rotatable bonds is 5. The van der Waals surface area contributed by atoms with Crippen LogP contribution in [-0.2, 0) is 17.8 Å². The Kier molecular flexibility index (Phi) is 4.66. The third kappa shape index (κ3) is 3.81. The van der Waals surface area contributed by atoms with E-state index in [0.29, 0.717) is 0 Å². The fourth-order valence-electron chi connectivity index (χ4n) is 1.84. The number of aliphatic hydroxyl groups is 1. The molecule has 4 heteroatoms. The summed E-state index contributed by atoms with van der Waals surface area (Å²) in [5, 5.41) is 11.2. The molecule has 1 heterocycles. The number of aryl methyl sites for hydroxylation is 1. The fraction of sp³-hybridized carbons (Fsp3) is 0.400. The minimum absolute atomic E-state index is 0.793. The monoisotopic (exact) mass is 293 g/mol. The first kappa shape index (κ1) is 14.6. The van der Waals surface area contributed by atoms with Crippen molar-refractivity contribution in [2.24, 2.45) is 0 Å². The summed E-state index contributed by atoms with van der Waals surface area (Å²) < 4.78 is 0. The molecule has 1 aromatic carbocycles. The van der Waals surface area contributed by atoms with Crippen molar-refractivity contribution in [3.05, 3.63) is 45.9 Å². The van der Waals surface area contributed by atoms with Crippen LogP contribution in [0.2, 0.25) is 0 Å². The Hall–Kier alpha value is -0.840. The molecule has 0 radical (unpaired) electrons. The Labute approximate surface area is 122 Å². The topological polar surface area (TPSA) is 33.1 Å². The maximum atomic E-state index is 10.2. The van der Waals surface area contributed by atoms with Crippen LogP contribution in [0.4, 0.5) is 0 Å². The van der Waals surface area contributed by atoms with Crippen LogP contribution in [0.1, 0.15) is 36.3 Å². The molecular formula is C15H19NOS2. The minimum Gasteiger partial charge on any atom is -0.385 e. The summed E-state index contributed by atoms with van der Waals surface area (Å²) in [6.45, 7) is 5.74. The number of hydrogen-bond donors (Lipinski definition) is 1. The Morgan fingerprint density at radius 3 is 2.47 bits per heavy atom. The highest BCUT2D eigenvalue weighted by atomic mass is 32.2. The molecule has 0 bridgehead atoms. The summed E-state index contributed by atoms with van der Waals surface area (Å²) in [4.78, 5) is 6.90. The molecule has 0 spiro atoms. The Bertz CT molecular complexity index is 529. The van der Waals surface area contributed by atoms with Crippen molar-refractivity contribution in [1.82, 2.24) is 4.98 Å². The molecule has 1 aromatic heterocycles. The van der Waals surface area contributed by atoms with Gasteiger partial charge in [0.2, 0.25) is 0 Å². The molecule has 2 rings (SSSR count). The van der Waals surface area contributed by atoms with E-state index in [-0.39, 0.29) is 0 Å². The van der Waals surface area contributed by atoms with E-state index in [2.05, 4.69) is 24.0 Å². The molecule has 0 saturated heterocycles. The van der Waals surface area contributed by atoms with Gasteiger partial charge >= 0.3 is 0 Å². The van der Waals surface area contributed by atoms with E-state index in [1.807, 2.05) is 32.0 Å². The van der Waals surface area contributed by atoms with Gasteiger partial charge in [0.05, 0.1) is 21.9 Å². The van der Waals surface area contributed by atoms with Gasteiger partial charge in [0.1, 0.15) is 5.01 Å². The lowest BCUT2D eigenvalue weighted by Crippen LogP contribution is -2.15. The van der Waals surface area contributed by atoms with Crippen LogP contribution in [0, 0.1) is 0 Å². The molecule has 0 atom stereocenters. The highest BCUT2D eigenvalue weighted by molar-refractivity contribution is 7.98. The maximum Gasteiger partial charge on any atom is 0.103 e. The molecule has 19 heavy (non-hydrogen) atoms. The smallest absolute Gasteiger partial charge is 0.103 e. The van der Waals surface area contributed by atoms with Gasteiger partial charge in [0.15, 0.2) is 0 Å². The van der Waals surface area contributed by atoms with Crippen LogP contribution in [0.3, 0.4) is 0 Å². The highest BCUT2D eigenvalue weighted by Gasteiger charge is 2.23. The molecule has 0 aliphatic heterocycles. The summed E-state index contributed by atoms with van der Waals surface area (Å²) in [5.41, 5.74) is 0.236. The SMILES string of the molecule is CCc1nc(CSc2ccccc2)sc1C(C)(C)O. The third-order valence-electron chi connectivity index (χ3n) is 2.74. The van der Waals surface area contributed by atoms with E-state index >= 15 is 0 Å². The van der Waals surface area contributed by atoms with Gasteiger partial charge < -0.3 is 5.11 Å². The summed E-state index contributed by atoms with van der Waals surface area (Å²) in [6.07, 6.45) is 0.867. The zero-order valence-electron chi connectivity index (χ0n) is 11.5. The molecule has 0 fully saturated rings. The van der Waals surface area contributed by atoms with Crippen molar-refractivity contribution in [3.63, 3.8) is 0 Å². The molecule has 1 N–H and O–H groups in total. The number of aromatic nitrogens is 1. The van der Waals surface area contributed by atoms with Crippen LogP contribution in [0.25, 0.3) is 0 Å². The standard InChI is InChI=1S/C15H19NOS2/c1-4-12-14(15(2,3)17)19-13(16-12)10-18-11-8-6-5-7-9-11/h5-9,17H,4,10H2,1-3H3. The van der Waals surface area contributed by atoms with Crippen molar-refractivity contribution < 1.29 is 5.11 Å². The molecule has 0 saturated carbocycles. The number of hydrogen-bond acceptors (Lipinski definition) is 4. The second-order valence-electron chi connectivity index (χ2n) is 4.90. The number of nitrogens with zero attached hydrogens (tertiary/aromatic N) is 1. The maximum absolute atomic E-state index is 10.2. The van der Waals surface area contributed by atoms with Gasteiger partial charge in [0, 0.05) is 4.90 Å². The average Bonchev–Trinajstić information content (AvgIpc) is 2.81. The van der Waals surface area contributed by atoms with Gasteiger partial charge in [0.25, 0.3) is 0 Å². The second-order valence-corrected chi connectivity index (χ2v) is 7.03. The van der Waals surface area contributed by atoms with E-state index in [4.69, 9.17) is 0 Å². The zero-order valence-corrected chi connectivity index (χ0v) is 13.1. The third-order valence-corrected chi connectivity index (χ3v) is 5.35. The van der Waals surface area contributed by atoms with Gasteiger partial charge in [-0.25, -0.2) is 4.98 Å². The van der Waals surface area contributed by atoms with Gasteiger partial charge in [-0.05, 0) is 32.4 Å². The largest absolute Gasteiger partial charge is 0.385 e. The number of thiazole rings is 1. The Morgan fingerprint density at radius 1 is 1.26 bits per heavy atom. The normalized spacial score (nSPS) is 11.8. The van der Waals surface area contributed by atoms with Crippen molar-refractivity contribution in [1.29, 1.82) is 0 Å². The Morgan fingerprint density at radius 2 is 1.95 bits per heavy atom. The van der Waals surface area contributed by atoms with Crippen LogP contribution in [0.5, 0.6) is 0 Å². The summed E-state index contributed by atoms with van der Waals surface area (Å²) >= 11 is 3.41. The first-order valence-corrected chi connectivity index (χ1v) is 8.20. The molecule has 0 amide bonds. The Balaban J connectivity index is 2.12. The van der Waals surface area contributed by atoms with E-state index in [9.17, 15) is 5.11 Å². The summed E-state index contributed by atoms with van der Waals surface area (Å²) in [7, 11) is 0. The van der Waals surface area contributed by atoms with Crippen molar-refractivity contribution >= 4 is 23.1 Å². The molecule has 102 valence electrons. The number of thioether (sulfide) groups is 1. The molecule has 2 aromatic rings. The van der Waals surface area contributed by atoms with Crippen molar-refractivity contribution in [2.45, 2.75) is 43.4 Å². The molecule has 0 unspecified atom stereocenters. The highest BCUT2D eigenvalue weighted by Crippen LogP contribution is 2.33. The van der Waals surface area contributed by atoms with Crippen LogP contribution in [0.15, 0.2) is 35.2 Å². The summed E-state index contributed by atoms with van der Waals surface area (Å²) in [5.74, 6) is 0.859. The average molecular weight is 293 g/mol. The van der Waals surface area contributed by atoms with Crippen LogP contribution < -0.4 is 0 Å². The van der Waals surface area contributed by atoms with Crippen molar-refractivity contribution in [2.75, 3.05) is 0 Å². The lowest BCUT2D eigenvalue weighted by molar-refractivity contribution is 0.0814. The minimum atomic E-state index is -0.793. The van der Waals surface area contributed by atoms with Gasteiger partial charge in [-0.1, -0.05) is 25.1 Å². The predicted octanol–water partition coefficient (Wildman–Crippen LogP) is 4.23. The first-order chi connectivity index (χ1) is 9.00. The fourth-order valence-corrected chi connectivity index (χ4v) is 3.91. The van der Waals surface area contributed by atoms with E-state index in [1.165, 1.54) is 4.90 Å². The van der Waals surface area contributed by atoms with Gasteiger partial charge in [-0.3, -0.25) is 0 Å². The molecule has 0 aliphatic carbocycles. The zero-order chi connectivity index (χ0) is 13.9. The van der Waals surface area contributed by atoms with Gasteiger partial charge in [-0.2, -0.15) is 0 Å². The van der Waals surface area contributed by atoms with Gasteiger partial charge in [-0.15, -0.1) is 23.1 Å². The lowest BCUT2D eigenvalue weighted by Gasteiger charge is -2.15. The molecular weight excluding hydrogens is 274 g/mol. The first-order valence-electron chi connectivity index (χ1n) is 6.40. The van der Waals surface area contributed by atoms with E-state index < -0.39 is 5.60 Å².